The maximum absolute atomic E-state index is 12.2. The summed E-state index contributed by atoms with van der Waals surface area (Å²) in [5.74, 6) is 0. The topological polar surface area (TPSA) is 40.9 Å². The van der Waals surface area contributed by atoms with E-state index in [-0.39, 0.29) is 17.3 Å². The smallest absolute Gasteiger partial charge is 0.249 e. The molecule has 0 aromatic heterocycles. The van der Waals surface area contributed by atoms with Crippen molar-refractivity contribution in [2.24, 2.45) is 0 Å². The van der Waals surface area contributed by atoms with E-state index < -0.39 is 21.5 Å². The summed E-state index contributed by atoms with van der Waals surface area (Å²) in [6.07, 6.45) is -3.37. The summed E-state index contributed by atoms with van der Waals surface area (Å²) in [5, 5.41) is 0. The molecule has 7 heteroatoms. The van der Waals surface area contributed by atoms with E-state index in [2.05, 4.69) is 0 Å². The van der Waals surface area contributed by atoms with E-state index in [9.17, 15) is 17.4 Å². The predicted molar refractivity (Wildman–Crippen MR) is 53.7 cm³/mol. The number of benzene rings is 1. The second kappa shape index (κ2) is 4.40. The van der Waals surface area contributed by atoms with Crippen molar-refractivity contribution in [3.63, 3.8) is 0 Å². The van der Waals surface area contributed by atoms with Crippen LogP contribution in [0, 0.1) is 4.78 Å². The van der Waals surface area contributed by atoms with E-state index in [1.54, 1.807) is 0 Å². The van der Waals surface area contributed by atoms with Crippen LogP contribution in [0.5, 0.6) is 0 Å². The van der Waals surface area contributed by atoms with Gasteiger partial charge in [0.1, 0.15) is 0 Å². The Bertz CT molecular complexity index is 441. The Kier molecular flexibility index (Phi) is 4.18. The first kappa shape index (κ1) is 14.2. The Balaban J connectivity index is 0.00000196. The summed E-state index contributed by atoms with van der Waals surface area (Å²) in [6, 6.07) is 4.03. The number of nitrogens with one attached hydrogen (secondary N) is 1. The molecule has 0 radical (unpaired) electrons. The van der Waals surface area contributed by atoms with Crippen molar-refractivity contribution in [2.75, 3.05) is 6.26 Å². The Labute approximate surface area is 91.9 Å². The largest absolute Gasteiger partial charge is 0.416 e. The molecule has 1 unspecified atom stereocenters. The summed E-state index contributed by atoms with van der Waals surface area (Å²) in [4.78, 5) is -0.104. The average Bonchev–Trinajstić information content (AvgIpc) is 2.01. The summed E-state index contributed by atoms with van der Waals surface area (Å²) in [6.45, 7) is 0. The normalized spacial score (nSPS) is 15.2. The summed E-state index contributed by atoms with van der Waals surface area (Å²) < 4.78 is 54.9. The molecular weight excluding hydrogens is 251 g/mol. The molecule has 0 amide bonds. The van der Waals surface area contributed by atoms with Crippen LogP contribution in [0.4, 0.5) is 13.2 Å². The van der Waals surface area contributed by atoms with Crippen LogP contribution in [0.2, 0.25) is 0 Å². The fourth-order valence-electron chi connectivity index (χ4n) is 0.915. The van der Waals surface area contributed by atoms with Gasteiger partial charge in [-0.1, -0.05) is 6.07 Å². The van der Waals surface area contributed by atoms with E-state index in [0.717, 1.165) is 24.5 Å². The zero-order valence-corrected chi connectivity index (χ0v) is 9.30. The number of hydrogen-bond acceptors (Lipinski definition) is 2. The van der Waals surface area contributed by atoms with Crippen molar-refractivity contribution >= 4 is 22.1 Å². The highest BCUT2D eigenvalue weighted by molar-refractivity contribution is 7.91. The van der Waals surface area contributed by atoms with Crippen molar-refractivity contribution in [3.8, 4) is 0 Å². The van der Waals surface area contributed by atoms with Gasteiger partial charge in [0.15, 0.2) is 0 Å². The van der Waals surface area contributed by atoms with Gasteiger partial charge in [0.2, 0.25) is 0 Å². The molecule has 1 aromatic rings. The quantitative estimate of drug-likeness (QED) is 0.827. The van der Waals surface area contributed by atoms with Crippen molar-refractivity contribution in [1.29, 1.82) is 4.78 Å². The maximum atomic E-state index is 12.2. The van der Waals surface area contributed by atoms with Crippen molar-refractivity contribution in [3.05, 3.63) is 29.8 Å². The third-order valence-corrected chi connectivity index (χ3v) is 2.76. The highest BCUT2D eigenvalue weighted by atomic mass is 35.5. The highest BCUT2D eigenvalue weighted by Gasteiger charge is 2.30. The van der Waals surface area contributed by atoms with Gasteiger partial charge in [-0.2, -0.15) is 13.2 Å². The first-order chi connectivity index (χ1) is 6.21. The third-order valence-electron chi connectivity index (χ3n) is 1.61. The molecule has 0 heterocycles. The van der Waals surface area contributed by atoms with Crippen LogP contribution >= 0.6 is 12.4 Å². The van der Waals surface area contributed by atoms with E-state index in [1.807, 2.05) is 0 Å². The minimum Gasteiger partial charge on any atom is -0.249 e. The second-order valence-corrected chi connectivity index (χ2v) is 5.03. The third kappa shape index (κ3) is 3.71. The Morgan fingerprint density at radius 2 is 1.87 bits per heavy atom. The van der Waals surface area contributed by atoms with Crippen molar-refractivity contribution < 1.29 is 17.4 Å². The molecule has 86 valence electrons. The Morgan fingerprint density at radius 3 is 2.27 bits per heavy atom. The van der Waals surface area contributed by atoms with Crippen LogP contribution in [-0.2, 0) is 15.9 Å². The van der Waals surface area contributed by atoms with E-state index >= 15 is 0 Å². The number of halogens is 4. The fraction of sp³-hybridized carbons (Fsp3) is 0.250. The first-order valence-electron chi connectivity index (χ1n) is 3.62. The van der Waals surface area contributed by atoms with Gasteiger partial charge in [-0.15, -0.1) is 12.4 Å². The first-order valence-corrected chi connectivity index (χ1v) is 5.59. The molecule has 2 nitrogen and oxygen atoms in total. The molecule has 0 saturated heterocycles. The van der Waals surface area contributed by atoms with Gasteiger partial charge in [-0.05, 0) is 18.2 Å². The molecule has 1 N–H and O–H groups in total. The zero-order valence-electron chi connectivity index (χ0n) is 7.67. The standard InChI is InChI=1S/C8H8F3NOS.ClH/c1-14(12,13)7-4-2-3-6(5-7)8(9,10)11;/h2-5,12H,1H3;1H. The lowest BCUT2D eigenvalue weighted by atomic mass is 10.2. The van der Waals surface area contributed by atoms with Crippen LogP contribution < -0.4 is 0 Å². The van der Waals surface area contributed by atoms with Gasteiger partial charge in [-0.25, -0.2) is 8.99 Å². The molecule has 0 spiro atoms. The minimum atomic E-state index is -4.46. The fourth-order valence-corrected chi connectivity index (χ4v) is 1.60. The van der Waals surface area contributed by atoms with Crippen molar-refractivity contribution in [2.45, 2.75) is 11.1 Å². The van der Waals surface area contributed by atoms with E-state index in [0.29, 0.717) is 0 Å². The highest BCUT2D eigenvalue weighted by Crippen LogP contribution is 2.30. The molecular formula is C8H9ClF3NOS. The molecule has 1 atom stereocenters. The maximum Gasteiger partial charge on any atom is 0.416 e. The molecule has 0 aliphatic heterocycles. The molecule has 0 bridgehead atoms. The molecule has 0 fully saturated rings. The average molecular weight is 260 g/mol. The number of alkyl halides is 3. The van der Waals surface area contributed by atoms with Crippen LogP contribution in [0.15, 0.2) is 29.2 Å². The lowest BCUT2D eigenvalue weighted by Crippen LogP contribution is -2.06. The zero-order chi connectivity index (χ0) is 11.0. The summed E-state index contributed by atoms with van der Waals surface area (Å²) >= 11 is 0. The summed E-state index contributed by atoms with van der Waals surface area (Å²) in [7, 11) is -3.09. The second-order valence-electron chi connectivity index (χ2n) is 2.87. The molecule has 0 aliphatic carbocycles. The summed E-state index contributed by atoms with van der Waals surface area (Å²) in [5.41, 5.74) is -0.878. The van der Waals surface area contributed by atoms with Crippen LogP contribution in [-0.4, -0.2) is 10.5 Å². The number of rotatable bonds is 1. The van der Waals surface area contributed by atoms with Gasteiger partial charge in [0.05, 0.1) is 15.3 Å². The van der Waals surface area contributed by atoms with Crippen LogP contribution in [0.1, 0.15) is 5.56 Å². The van der Waals surface area contributed by atoms with Crippen LogP contribution in [0.3, 0.4) is 0 Å². The van der Waals surface area contributed by atoms with Crippen molar-refractivity contribution in [1.82, 2.24) is 0 Å². The lowest BCUT2D eigenvalue weighted by Gasteiger charge is -2.08. The van der Waals surface area contributed by atoms with Crippen LogP contribution in [0.25, 0.3) is 0 Å². The minimum absolute atomic E-state index is 0. The van der Waals surface area contributed by atoms with E-state index in [1.165, 1.54) is 6.07 Å². The Hall–Kier alpha value is -0.750. The lowest BCUT2D eigenvalue weighted by molar-refractivity contribution is -0.137. The van der Waals surface area contributed by atoms with Gasteiger partial charge in [0, 0.05) is 11.2 Å². The molecule has 15 heavy (non-hydrogen) atoms. The molecule has 0 saturated carbocycles. The monoisotopic (exact) mass is 259 g/mol. The Morgan fingerprint density at radius 1 is 1.33 bits per heavy atom. The predicted octanol–water partition coefficient (Wildman–Crippen LogP) is 3.16. The molecule has 0 aliphatic rings. The van der Waals surface area contributed by atoms with E-state index in [4.69, 9.17) is 4.78 Å². The molecule has 1 rings (SSSR count). The van der Waals surface area contributed by atoms with Gasteiger partial charge >= 0.3 is 6.18 Å². The van der Waals surface area contributed by atoms with Gasteiger partial charge < -0.3 is 0 Å². The van der Waals surface area contributed by atoms with Gasteiger partial charge in [-0.3, -0.25) is 0 Å². The number of hydrogen-bond donors (Lipinski definition) is 1. The van der Waals surface area contributed by atoms with Gasteiger partial charge in [0.25, 0.3) is 0 Å². The molecule has 1 aromatic carbocycles. The SMILES string of the molecule is CS(=N)(=O)c1cccc(C(F)(F)F)c1.Cl.